The first-order valence-electron chi connectivity index (χ1n) is 8.56. The molecule has 0 unspecified atom stereocenters. The molecule has 0 radical (unpaired) electrons. The van der Waals surface area contributed by atoms with Gasteiger partial charge in [-0.15, -0.1) is 0 Å². The predicted octanol–water partition coefficient (Wildman–Crippen LogP) is 2.86. The molecule has 1 aliphatic carbocycles. The Kier molecular flexibility index (Phi) is 5.53. The summed E-state index contributed by atoms with van der Waals surface area (Å²) in [5.74, 6) is 0.237. The first kappa shape index (κ1) is 17.3. The van der Waals surface area contributed by atoms with Crippen molar-refractivity contribution >= 4 is 11.9 Å². The minimum Gasteiger partial charge on any atom is -0.351 e. The lowest BCUT2D eigenvalue weighted by Gasteiger charge is -2.29. The van der Waals surface area contributed by atoms with Crippen molar-refractivity contribution in [3.63, 3.8) is 0 Å². The predicted molar refractivity (Wildman–Crippen MR) is 92.2 cm³/mol. The molecule has 0 aromatic carbocycles. The van der Waals surface area contributed by atoms with Gasteiger partial charge < -0.3 is 10.6 Å². The maximum absolute atomic E-state index is 13.2. The van der Waals surface area contributed by atoms with Gasteiger partial charge in [0.15, 0.2) is 0 Å². The van der Waals surface area contributed by atoms with Crippen molar-refractivity contribution in [2.45, 2.75) is 44.7 Å². The van der Waals surface area contributed by atoms with Gasteiger partial charge in [0.2, 0.25) is 11.9 Å². The summed E-state index contributed by atoms with van der Waals surface area (Å²) < 4.78 is 13.2. The maximum atomic E-state index is 13.2. The molecule has 2 aromatic rings. The summed E-state index contributed by atoms with van der Waals surface area (Å²) in [5, 5.41) is 6.28. The Hall–Kier alpha value is -2.57. The van der Waals surface area contributed by atoms with E-state index in [4.69, 9.17) is 0 Å². The third-order valence-electron chi connectivity index (χ3n) is 4.58. The zero-order valence-corrected chi connectivity index (χ0v) is 14.2. The second kappa shape index (κ2) is 8.00. The lowest BCUT2D eigenvalue weighted by atomic mass is 9.85. The summed E-state index contributed by atoms with van der Waals surface area (Å²) >= 11 is 0. The largest absolute Gasteiger partial charge is 0.351 e. The molecule has 2 aromatic heterocycles. The molecule has 3 rings (SSSR count). The Labute approximate surface area is 146 Å². The summed E-state index contributed by atoms with van der Waals surface area (Å²) in [6.45, 7) is 1.84. The van der Waals surface area contributed by atoms with E-state index in [0.29, 0.717) is 11.5 Å². The van der Waals surface area contributed by atoms with Gasteiger partial charge in [0.05, 0.1) is 12.2 Å². The zero-order valence-electron chi connectivity index (χ0n) is 14.2. The van der Waals surface area contributed by atoms with Crippen LogP contribution in [0.5, 0.6) is 0 Å². The van der Waals surface area contributed by atoms with E-state index < -0.39 is 5.82 Å². The number of pyridine rings is 1. The quantitative estimate of drug-likeness (QED) is 0.873. The number of nitrogens with zero attached hydrogens (tertiary/aromatic N) is 3. The lowest BCUT2D eigenvalue weighted by molar-refractivity contribution is -0.126. The Bertz CT molecular complexity index is 704. The number of rotatable bonds is 5. The van der Waals surface area contributed by atoms with Crippen molar-refractivity contribution < 1.29 is 9.18 Å². The topological polar surface area (TPSA) is 79.8 Å². The zero-order chi connectivity index (χ0) is 17.6. The molecule has 1 saturated carbocycles. The molecule has 1 atom stereocenters. The number of anilines is 1. The molecule has 0 bridgehead atoms. The minimum atomic E-state index is -0.395. The van der Waals surface area contributed by atoms with Crippen LogP contribution >= 0.6 is 0 Å². The van der Waals surface area contributed by atoms with E-state index in [9.17, 15) is 9.18 Å². The summed E-state index contributed by atoms with van der Waals surface area (Å²) in [6.07, 6.45) is 9.55. The van der Waals surface area contributed by atoms with Crippen molar-refractivity contribution in [1.29, 1.82) is 0 Å². The molecule has 7 heteroatoms. The average molecular weight is 343 g/mol. The van der Waals surface area contributed by atoms with E-state index in [2.05, 4.69) is 25.6 Å². The van der Waals surface area contributed by atoms with E-state index in [1.54, 1.807) is 24.7 Å². The van der Waals surface area contributed by atoms with Crippen molar-refractivity contribution in [3.05, 3.63) is 48.3 Å². The Morgan fingerprint density at radius 3 is 2.60 bits per heavy atom. The molecule has 25 heavy (non-hydrogen) atoms. The van der Waals surface area contributed by atoms with Crippen LogP contribution in [0.15, 0.2) is 36.9 Å². The first-order chi connectivity index (χ1) is 12.1. The van der Waals surface area contributed by atoms with Crippen LogP contribution in [0.25, 0.3) is 0 Å². The van der Waals surface area contributed by atoms with Crippen LogP contribution in [0.4, 0.5) is 10.3 Å². The van der Waals surface area contributed by atoms with Gasteiger partial charge in [-0.1, -0.05) is 0 Å². The second-order valence-corrected chi connectivity index (χ2v) is 6.43. The summed E-state index contributed by atoms with van der Waals surface area (Å²) in [5.41, 5.74) is 0.671. The fourth-order valence-corrected chi connectivity index (χ4v) is 3.14. The van der Waals surface area contributed by atoms with Gasteiger partial charge in [-0.25, -0.2) is 14.4 Å². The van der Waals surface area contributed by atoms with Gasteiger partial charge in [0.25, 0.3) is 0 Å². The third-order valence-corrected chi connectivity index (χ3v) is 4.58. The Morgan fingerprint density at radius 1 is 1.20 bits per heavy atom. The van der Waals surface area contributed by atoms with Gasteiger partial charge in [-0.05, 0) is 50.3 Å². The number of carbonyl (C=O) groups excluding carboxylic acids is 1. The summed E-state index contributed by atoms with van der Waals surface area (Å²) in [7, 11) is 0. The number of hydrogen-bond acceptors (Lipinski definition) is 5. The number of aromatic nitrogens is 3. The van der Waals surface area contributed by atoms with Crippen LogP contribution in [-0.2, 0) is 4.79 Å². The highest BCUT2D eigenvalue weighted by Crippen LogP contribution is 2.27. The Morgan fingerprint density at radius 2 is 1.92 bits per heavy atom. The SMILES string of the molecule is C[C@H](NC(=O)C1CCC(Nc2ncccn2)CC1)c1cncc(F)c1. The molecule has 132 valence electrons. The number of amides is 1. The number of carbonyl (C=O) groups is 1. The smallest absolute Gasteiger partial charge is 0.223 e. The molecule has 1 aliphatic rings. The molecule has 0 aliphatic heterocycles. The van der Waals surface area contributed by atoms with E-state index >= 15 is 0 Å². The van der Waals surface area contributed by atoms with Gasteiger partial charge in [0.1, 0.15) is 5.82 Å². The van der Waals surface area contributed by atoms with E-state index in [-0.39, 0.29) is 23.9 Å². The van der Waals surface area contributed by atoms with Gasteiger partial charge >= 0.3 is 0 Å². The highest BCUT2D eigenvalue weighted by molar-refractivity contribution is 5.79. The fraction of sp³-hybridized carbons (Fsp3) is 0.444. The van der Waals surface area contributed by atoms with Gasteiger partial charge in [-0.3, -0.25) is 9.78 Å². The van der Waals surface area contributed by atoms with Crippen LogP contribution < -0.4 is 10.6 Å². The van der Waals surface area contributed by atoms with Gasteiger partial charge in [-0.2, -0.15) is 0 Å². The van der Waals surface area contributed by atoms with Crippen molar-refractivity contribution in [2.24, 2.45) is 5.92 Å². The molecule has 1 fully saturated rings. The molecular weight excluding hydrogens is 321 g/mol. The molecule has 0 saturated heterocycles. The molecule has 2 heterocycles. The second-order valence-electron chi connectivity index (χ2n) is 6.43. The minimum absolute atomic E-state index is 0.0151. The molecular formula is C18H22FN5O. The van der Waals surface area contributed by atoms with Crippen LogP contribution in [0.3, 0.4) is 0 Å². The monoisotopic (exact) mass is 343 g/mol. The molecule has 2 N–H and O–H groups in total. The normalized spacial score (nSPS) is 21.4. The van der Waals surface area contributed by atoms with Crippen LogP contribution in [-0.4, -0.2) is 26.9 Å². The molecule has 1 amide bonds. The lowest BCUT2D eigenvalue weighted by Crippen LogP contribution is -2.37. The highest BCUT2D eigenvalue weighted by atomic mass is 19.1. The van der Waals surface area contributed by atoms with Crippen LogP contribution in [0.1, 0.15) is 44.2 Å². The average Bonchev–Trinajstić information content (AvgIpc) is 2.63. The maximum Gasteiger partial charge on any atom is 0.223 e. The van der Waals surface area contributed by atoms with Crippen molar-refractivity contribution in [1.82, 2.24) is 20.3 Å². The van der Waals surface area contributed by atoms with E-state index in [1.807, 2.05) is 6.92 Å². The van der Waals surface area contributed by atoms with Gasteiger partial charge in [0, 0.05) is 30.6 Å². The first-order valence-corrected chi connectivity index (χ1v) is 8.56. The number of hydrogen-bond donors (Lipinski definition) is 2. The third kappa shape index (κ3) is 4.71. The highest BCUT2D eigenvalue weighted by Gasteiger charge is 2.27. The number of nitrogens with one attached hydrogen (secondary N) is 2. The van der Waals surface area contributed by atoms with E-state index in [1.165, 1.54) is 6.07 Å². The molecule has 6 nitrogen and oxygen atoms in total. The fourth-order valence-electron chi connectivity index (χ4n) is 3.14. The number of halogens is 1. The summed E-state index contributed by atoms with van der Waals surface area (Å²) in [4.78, 5) is 24.6. The Balaban J connectivity index is 1.48. The summed E-state index contributed by atoms with van der Waals surface area (Å²) in [6, 6.07) is 3.21. The van der Waals surface area contributed by atoms with Crippen molar-refractivity contribution in [2.75, 3.05) is 5.32 Å². The standard InChI is InChI=1S/C18H22FN5O/c1-12(14-9-15(19)11-20-10-14)23-17(25)13-3-5-16(6-4-13)24-18-21-7-2-8-22-18/h2,7-13,16H,3-6H2,1H3,(H,23,25)(H,21,22,24)/t12-,13?,16?/m0/s1. The van der Waals surface area contributed by atoms with Crippen LogP contribution in [0, 0.1) is 11.7 Å². The van der Waals surface area contributed by atoms with Crippen LogP contribution in [0.2, 0.25) is 0 Å². The molecule has 0 spiro atoms. The van der Waals surface area contributed by atoms with E-state index in [0.717, 1.165) is 31.9 Å². The van der Waals surface area contributed by atoms with Crippen molar-refractivity contribution in [3.8, 4) is 0 Å².